The highest BCUT2D eigenvalue weighted by molar-refractivity contribution is 9.09. The van der Waals surface area contributed by atoms with Crippen LogP contribution in [0.15, 0.2) is 91.0 Å². The van der Waals surface area contributed by atoms with E-state index in [1.54, 1.807) is 0 Å². The minimum absolute atomic E-state index is 0. The molecule has 0 spiro atoms. The molecule has 0 atom stereocenters. The molecule has 0 aliphatic heterocycles. The van der Waals surface area contributed by atoms with Crippen LogP contribution in [0.3, 0.4) is 0 Å². The van der Waals surface area contributed by atoms with Gasteiger partial charge < -0.3 is 17.0 Å². The first-order valence-electron chi connectivity index (χ1n) is 9.49. The lowest BCUT2D eigenvalue weighted by molar-refractivity contribution is -0.00000507. The van der Waals surface area contributed by atoms with Crippen LogP contribution < -0.4 is 21.5 Å². The summed E-state index contributed by atoms with van der Waals surface area (Å²) >= 11 is 3.55. The van der Waals surface area contributed by atoms with Crippen molar-refractivity contribution in [3.8, 4) is 0 Å². The third-order valence-corrected chi connectivity index (χ3v) is 5.53. The van der Waals surface area contributed by atoms with Crippen molar-refractivity contribution in [2.24, 2.45) is 0 Å². The molecule has 3 aromatic rings. The van der Waals surface area contributed by atoms with Gasteiger partial charge in [0.25, 0.3) is 0 Å². The Hall–Kier alpha value is -1.42. The average molecular weight is 489 g/mol. The van der Waals surface area contributed by atoms with Gasteiger partial charge in [0.15, 0.2) is 0 Å². The molecular formula is C24H27Br2N. The van der Waals surface area contributed by atoms with Crippen molar-refractivity contribution in [3.05, 3.63) is 91.0 Å². The molecule has 0 aliphatic carbocycles. The van der Waals surface area contributed by atoms with E-state index in [1.807, 2.05) is 0 Å². The Morgan fingerprint density at radius 2 is 0.889 bits per heavy atom. The van der Waals surface area contributed by atoms with Gasteiger partial charge in [0, 0.05) is 5.33 Å². The smallest absolute Gasteiger partial charge is 0.143 e. The average Bonchev–Trinajstić information content (AvgIpc) is 2.73. The van der Waals surface area contributed by atoms with Gasteiger partial charge in [0.2, 0.25) is 0 Å². The van der Waals surface area contributed by atoms with Crippen molar-refractivity contribution in [1.29, 1.82) is 0 Å². The van der Waals surface area contributed by atoms with E-state index in [0.717, 1.165) is 16.4 Å². The third kappa shape index (κ3) is 5.31. The maximum absolute atomic E-state index is 3.55. The first kappa shape index (κ1) is 21.9. The summed E-state index contributed by atoms with van der Waals surface area (Å²) in [6.07, 6.45) is 5.00. The number of alkyl halides is 1. The molecule has 0 saturated heterocycles. The number of hydrogen-bond donors (Lipinski definition) is 0. The van der Waals surface area contributed by atoms with Crippen LogP contribution in [0.1, 0.15) is 25.7 Å². The van der Waals surface area contributed by atoms with Crippen LogP contribution in [0.2, 0.25) is 0 Å². The van der Waals surface area contributed by atoms with E-state index < -0.39 is 0 Å². The largest absolute Gasteiger partial charge is 1.00 e. The minimum atomic E-state index is 0. The predicted molar refractivity (Wildman–Crippen MR) is 118 cm³/mol. The Kier molecular flexibility index (Phi) is 9.26. The molecular weight excluding hydrogens is 462 g/mol. The molecule has 3 rings (SSSR count). The van der Waals surface area contributed by atoms with Crippen molar-refractivity contribution >= 4 is 33.0 Å². The number of quaternary nitrogens is 1. The zero-order valence-electron chi connectivity index (χ0n) is 15.6. The minimum Gasteiger partial charge on any atom is -1.00 e. The maximum atomic E-state index is 3.55. The fourth-order valence-electron chi connectivity index (χ4n) is 3.68. The lowest BCUT2D eigenvalue weighted by Gasteiger charge is -2.37. The lowest BCUT2D eigenvalue weighted by atomic mass is 10.1. The van der Waals surface area contributed by atoms with Crippen LogP contribution in [0.4, 0.5) is 17.1 Å². The zero-order valence-corrected chi connectivity index (χ0v) is 18.8. The van der Waals surface area contributed by atoms with Crippen LogP contribution in [-0.4, -0.2) is 11.9 Å². The van der Waals surface area contributed by atoms with Gasteiger partial charge in [0.05, 0.1) is 6.54 Å². The molecule has 27 heavy (non-hydrogen) atoms. The van der Waals surface area contributed by atoms with E-state index in [1.165, 1.54) is 42.7 Å². The van der Waals surface area contributed by atoms with E-state index in [2.05, 4.69) is 107 Å². The quantitative estimate of drug-likeness (QED) is 0.234. The predicted octanol–water partition coefficient (Wildman–Crippen LogP) is 4.62. The fraction of sp³-hybridized carbons (Fsp3) is 0.250. The Labute approximate surface area is 182 Å². The van der Waals surface area contributed by atoms with Crippen LogP contribution in [0, 0.1) is 0 Å². The molecule has 0 unspecified atom stereocenters. The molecule has 0 N–H and O–H groups in total. The van der Waals surface area contributed by atoms with E-state index >= 15 is 0 Å². The Morgan fingerprint density at radius 3 is 1.26 bits per heavy atom. The Balaban J connectivity index is 0.00000261. The second-order valence-corrected chi connectivity index (χ2v) is 7.44. The van der Waals surface area contributed by atoms with Crippen molar-refractivity contribution in [3.63, 3.8) is 0 Å². The van der Waals surface area contributed by atoms with E-state index in [-0.39, 0.29) is 17.0 Å². The third-order valence-electron chi connectivity index (χ3n) is 4.97. The monoisotopic (exact) mass is 487 g/mol. The summed E-state index contributed by atoms with van der Waals surface area (Å²) in [5.74, 6) is 0. The molecule has 1 nitrogen and oxygen atoms in total. The SMILES string of the molecule is BrCCCCCC[N+](c1ccccc1)(c1ccccc1)c1ccccc1.[Br-]. The highest BCUT2D eigenvalue weighted by Gasteiger charge is 2.35. The summed E-state index contributed by atoms with van der Waals surface area (Å²) < 4.78 is 0.775. The molecule has 142 valence electrons. The van der Waals surface area contributed by atoms with Crippen LogP contribution in [-0.2, 0) is 0 Å². The summed E-state index contributed by atoms with van der Waals surface area (Å²) in [5, 5.41) is 1.10. The van der Waals surface area contributed by atoms with E-state index in [4.69, 9.17) is 0 Å². The Morgan fingerprint density at radius 1 is 0.519 bits per heavy atom. The first-order chi connectivity index (χ1) is 12.9. The maximum Gasteiger partial charge on any atom is 0.143 e. The molecule has 0 radical (unpaired) electrons. The standard InChI is InChI=1S/C24H27BrN.BrH/c25-20-12-1-2-13-21-26(22-14-6-3-7-15-22,23-16-8-4-9-17-23)24-18-10-5-11-19-24;/h3-11,14-19H,1-2,12-13,20-21H2;1H/q+1;/p-1. The van der Waals surface area contributed by atoms with Crippen molar-refractivity contribution < 1.29 is 17.0 Å². The lowest BCUT2D eigenvalue weighted by Crippen LogP contribution is -3.00. The van der Waals surface area contributed by atoms with Crippen LogP contribution >= 0.6 is 15.9 Å². The first-order valence-corrected chi connectivity index (χ1v) is 10.6. The summed E-state index contributed by atoms with van der Waals surface area (Å²) in [7, 11) is 0. The van der Waals surface area contributed by atoms with Gasteiger partial charge in [-0.25, -0.2) is 4.48 Å². The number of benzene rings is 3. The molecule has 0 bridgehead atoms. The summed E-state index contributed by atoms with van der Waals surface area (Å²) in [6, 6.07) is 32.8. The van der Waals surface area contributed by atoms with E-state index in [0.29, 0.717) is 0 Å². The Bertz CT molecular complexity index is 663. The molecule has 0 aromatic heterocycles. The number of nitrogens with zero attached hydrogens (tertiary/aromatic N) is 1. The second-order valence-electron chi connectivity index (χ2n) is 6.64. The molecule has 0 heterocycles. The molecule has 0 amide bonds. The number of para-hydroxylation sites is 3. The summed E-state index contributed by atoms with van der Waals surface area (Å²) in [6.45, 7) is 1.07. The van der Waals surface area contributed by atoms with Gasteiger partial charge in [-0.05, 0) is 55.7 Å². The number of rotatable bonds is 9. The van der Waals surface area contributed by atoms with Gasteiger partial charge in [-0.3, -0.25) is 0 Å². The summed E-state index contributed by atoms with van der Waals surface area (Å²) in [5.41, 5.74) is 3.97. The van der Waals surface area contributed by atoms with Gasteiger partial charge in [-0.1, -0.05) is 76.9 Å². The van der Waals surface area contributed by atoms with Crippen molar-refractivity contribution in [2.45, 2.75) is 25.7 Å². The van der Waals surface area contributed by atoms with Gasteiger partial charge in [-0.15, -0.1) is 0 Å². The normalized spacial score (nSPS) is 11.0. The van der Waals surface area contributed by atoms with Crippen molar-refractivity contribution in [2.75, 3.05) is 11.9 Å². The van der Waals surface area contributed by atoms with Crippen molar-refractivity contribution in [1.82, 2.24) is 4.48 Å². The zero-order chi connectivity index (χ0) is 18.1. The topological polar surface area (TPSA) is 0 Å². The van der Waals surface area contributed by atoms with Gasteiger partial charge >= 0.3 is 0 Å². The molecule has 0 aliphatic rings. The van der Waals surface area contributed by atoms with Gasteiger partial charge in [0.1, 0.15) is 17.1 Å². The molecule has 3 aromatic carbocycles. The molecule has 0 saturated carbocycles. The molecule has 0 fully saturated rings. The summed E-state index contributed by atoms with van der Waals surface area (Å²) in [4.78, 5) is 0. The highest BCUT2D eigenvalue weighted by atomic mass is 79.9. The fourth-order valence-corrected chi connectivity index (χ4v) is 4.08. The number of hydrogen-bond acceptors (Lipinski definition) is 0. The van der Waals surface area contributed by atoms with E-state index in [9.17, 15) is 0 Å². The number of unbranched alkanes of at least 4 members (excludes halogenated alkanes) is 3. The highest BCUT2D eigenvalue weighted by Crippen LogP contribution is 2.43. The van der Waals surface area contributed by atoms with Gasteiger partial charge in [-0.2, -0.15) is 0 Å². The molecule has 3 heteroatoms. The number of halogens is 2. The van der Waals surface area contributed by atoms with Crippen LogP contribution in [0.25, 0.3) is 0 Å². The van der Waals surface area contributed by atoms with Crippen LogP contribution in [0.5, 0.6) is 0 Å². The second kappa shape index (κ2) is 11.4.